The van der Waals surface area contributed by atoms with E-state index in [1.807, 2.05) is 14.1 Å². The molecule has 0 aromatic carbocycles. The first-order valence-corrected chi connectivity index (χ1v) is 12.8. The minimum Gasteiger partial charge on any atom is -0.480 e. The Labute approximate surface area is 213 Å². The first kappa shape index (κ1) is 28.5. The van der Waals surface area contributed by atoms with E-state index in [-0.39, 0.29) is 11.9 Å². The number of nitrogens with zero attached hydrogens (tertiary/aromatic N) is 4. The minimum absolute atomic E-state index is 0.161. The summed E-state index contributed by atoms with van der Waals surface area (Å²) in [5, 5.41) is 13.7. The van der Waals surface area contributed by atoms with Crippen LogP contribution < -0.4 is 16.4 Å². The van der Waals surface area contributed by atoms with Crippen LogP contribution in [0.25, 0.3) is 0 Å². The Hall–Kier alpha value is -2.12. The fourth-order valence-electron chi connectivity index (χ4n) is 5.44. The van der Waals surface area contributed by atoms with Crippen LogP contribution in [-0.4, -0.2) is 139 Å². The molecule has 3 amide bonds. The number of piperazine rings is 1. The predicted molar refractivity (Wildman–Crippen MR) is 134 cm³/mol. The molecule has 5 N–H and O–H groups in total. The number of hydrogen-bond acceptors (Lipinski definition) is 9. The molecule has 6 aliphatic rings. The summed E-state index contributed by atoms with van der Waals surface area (Å²) in [5.41, 5.74) is 4.06. The van der Waals surface area contributed by atoms with Crippen molar-refractivity contribution < 1.29 is 24.3 Å². The molecule has 6 aliphatic heterocycles. The molecule has 6 saturated heterocycles. The molecule has 12 heteroatoms. The Kier molecular flexibility index (Phi) is 9.10. The number of likely N-dealkylation sites (N-methyl/N-ethyl adjacent to an activating group) is 1. The van der Waals surface area contributed by atoms with Crippen LogP contribution in [0.4, 0.5) is 4.79 Å². The van der Waals surface area contributed by atoms with Crippen molar-refractivity contribution in [2.75, 3.05) is 67.0 Å². The molecule has 0 aromatic heterocycles. The topological polar surface area (TPSA) is 152 Å². The summed E-state index contributed by atoms with van der Waals surface area (Å²) in [4.78, 5) is 52.9. The maximum Gasteiger partial charge on any atom is 0.323 e. The number of carbonyl (C=O) groups excluding carboxylic acids is 3. The molecule has 2 bridgehead atoms. The summed E-state index contributed by atoms with van der Waals surface area (Å²) in [6.07, 6.45) is 3.87. The number of aliphatic carboxylic acids is 1. The van der Waals surface area contributed by atoms with E-state index >= 15 is 0 Å². The van der Waals surface area contributed by atoms with Crippen molar-refractivity contribution in [3.63, 3.8) is 0 Å². The second-order valence-corrected chi connectivity index (χ2v) is 11.2. The van der Waals surface area contributed by atoms with E-state index in [0.717, 1.165) is 51.4 Å². The molecular formula is C24H43N7O5. The Morgan fingerprint density at radius 1 is 0.972 bits per heavy atom. The Bertz CT molecular complexity index is 825. The van der Waals surface area contributed by atoms with Crippen molar-refractivity contribution in [3.8, 4) is 0 Å². The van der Waals surface area contributed by atoms with Crippen LogP contribution in [0.2, 0.25) is 0 Å². The molecular weight excluding hydrogens is 466 g/mol. The summed E-state index contributed by atoms with van der Waals surface area (Å²) in [6.45, 7) is 7.77. The van der Waals surface area contributed by atoms with Gasteiger partial charge in [-0.2, -0.15) is 0 Å². The molecule has 12 nitrogen and oxygen atoms in total. The fourth-order valence-corrected chi connectivity index (χ4v) is 5.44. The van der Waals surface area contributed by atoms with E-state index in [9.17, 15) is 19.2 Å². The van der Waals surface area contributed by atoms with Crippen LogP contribution in [0.5, 0.6) is 0 Å². The van der Waals surface area contributed by atoms with Crippen LogP contribution in [0.3, 0.4) is 0 Å². The van der Waals surface area contributed by atoms with Gasteiger partial charge in [-0.1, -0.05) is 0 Å². The molecule has 2 atom stereocenters. The van der Waals surface area contributed by atoms with Gasteiger partial charge in [0, 0.05) is 51.4 Å². The van der Waals surface area contributed by atoms with Gasteiger partial charge in [-0.3, -0.25) is 29.5 Å². The number of Topliss-reactive ketones (excluding diaryl/α,β-unsaturated/α-hetero) is 1. The molecule has 6 rings (SSSR count). The number of carbonyl (C=O) groups is 4. The number of ketones is 1. The van der Waals surface area contributed by atoms with Crippen LogP contribution in [0.15, 0.2) is 0 Å². The predicted octanol–water partition coefficient (Wildman–Crippen LogP) is -1.25. The SMILES string of the molecule is CC(=O)CN1CC2CC(C1)N2C.CN1CCC(N)(C(=O)O)CC1.CN1CCC2(CC1)NC(=O)NC2=O. The maximum absolute atomic E-state index is 11.5. The molecule has 6 fully saturated rings. The van der Waals surface area contributed by atoms with Crippen LogP contribution in [-0.2, 0) is 14.4 Å². The highest BCUT2D eigenvalue weighted by Gasteiger charge is 2.47. The normalized spacial score (nSPS) is 29.6. The zero-order valence-electron chi connectivity index (χ0n) is 22.1. The zero-order chi connectivity index (χ0) is 26.7. The summed E-state index contributed by atoms with van der Waals surface area (Å²) in [7, 11) is 6.17. The second kappa shape index (κ2) is 11.5. The molecule has 0 aliphatic carbocycles. The van der Waals surface area contributed by atoms with Gasteiger partial charge < -0.3 is 26.0 Å². The lowest BCUT2D eigenvalue weighted by molar-refractivity contribution is -0.145. The van der Waals surface area contributed by atoms with Gasteiger partial charge in [-0.25, -0.2) is 4.79 Å². The number of carboxylic acid groups (broad SMARTS) is 1. The van der Waals surface area contributed by atoms with Gasteiger partial charge in [0.2, 0.25) is 0 Å². The lowest BCUT2D eigenvalue weighted by atomic mass is 9.88. The van der Waals surface area contributed by atoms with E-state index < -0.39 is 17.0 Å². The van der Waals surface area contributed by atoms with Gasteiger partial charge in [0.15, 0.2) is 0 Å². The fraction of sp³-hybridized carbons (Fsp3) is 0.833. The quantitative estimate of drug-likeness (QED) is 0.340. The van der Waals surface area contributed by atoms with Gasteiger partial charge in [0.25, 0.3) is 5.91 Å². The number of carboxylic acids is 1. The van der Waals surface area contributed by atoms with Crippen molar-refractivity contribution in [1.29, 1.82) is 0 Å². The van der Waals surface area contributed by atoms with Crippen molar-refractivity contribution in [3.05, 3.63) is 0 Å². The maximum atomic E-state index is 11.5. The Balaban J connectivity index is 0.000000151. The van der Waals surface area contributed by atoms with Gasteiger partial charge in [0.1, 0.15) is 16.9 Å². The van der Waals surface area contributed by atoms with E-state index in [0.29, 0.717) is 38.0 Å². The lowest BCUT2D eigenvalue weighted by Gasteiger charge is -2.54. The van der Waals surface area contributed by atoms with Crippen molar-refractivity contribution in [1.82, 2.24) is 30.2 Å². The number of fused-ring (bicyclic) bond motifs is 2. The number of urea groups is 1. The van der Waals surface area contributed by atoms with E-state index in [1.165, 1.54) is 6.42 Å². The zero-order valence-corrected chi connectivity index (χ0v) is 22.1. The highest BCUT2D eigenvalue weighted by Crippen LogP contribution is 2.29. The highest BCUT2D eigenvalue weighted by atomic mass is 16.4. The summed E-state index contributed by atoms with van der Waals surface area (Å²) in [6, 6.07) is 1.10. The highest BCUT2D eigenvalue weighted by molar-refractivity contribution is 6.07. The minimum atomic E-state index is -0.966. The second-order valence-electron chi connectivity index (χ2n) is 11.2. The number of rotatable bonds is 3. The largest absolute Gasteiger partial charge is 0.480 e. The van der Waals surface area contributed by atoms with E-state index in [1.54, 1.807) is 6.92 Å². The number of hydrogen-bond donors (Lipinski definition) is 4. The van der Waals surface area contributed by atoms with Gasteiger partial charge in [-0.05, 0) is 60.2 Å². The molecule has 0 saturated carbocycles. The lowest BCUT2D eigenvalue weighted by Crippen LogP contribution is -2.67. The molecule has 204 valence electrons. The Morgan fingerprint density at radius 3 is 1.86 bits per heavy atom. The first-order chi connectivity index (χ1) is 16.8. The molecule has 0 radical (unpaired) electrons. The number of nitrogens with two attached hydrogens (primary N) is 1. The van der Waals surface area contributed by atoms with Crippen LogP contribution >= 0.6 is 0 Å². The number of amides is 3. The van der Waals surface area contributed by atoms with Gasteiger partial charge >= 0.3 is 12.0 Å². The standard InChI is InChI=1S/C9H16N2O.C8H13N3O2.C7H14N2O2/c1-7(12)4-11-5-8-3-9(6-11)10(8)2;1-11-4-2-8(3-5-11)6(12)9-7(13)10-8;1-9-4-2-7(8,3-5-9)6(10)11/h8-9H,3-6H2,1-2H3;2-5H2,1H3,(H2,9,10,12,13);2-5,8H2,1H3,(H,10,11). The summed E-state index contributed by atoms with van der Waals surface area (Å²) >= 11 is 0. The molecule has 2 unspecified atom stereocenters. The average Bonchev–Trinajstić information content (AvgIpc) is 3.10. The third kappa shape index (κ3) is 6.80. The van der Waals surface area contributed by atoms with E-state index in [2.05, 4.69) is 37.3 Å². The molecule has 6 heterocycles. The molecule has 0 aromatic rings. The first-order valence-electron chi connectivity index (χ1n) is 12.8. The van der Waals surface area contributed by atoms with Crippen molar-refractivity contribution in [2.45, 2.75) is 62.2 Å². The smallest absolute Gasteiger partial charge is 0.323 e. The Morgan fingerprint density at radius 2 is 1.47 bits per heavy atom. The number of nitrogens with one attached hydrogen (secondary N) is 2. The molecule has 36 heavy (non-hydrogen) atoms. The van der Waals surface area contributed by atoms with Gasteiger partial charge in [-0.15, -0.1) is 0 Å². The van der Waals surface area contributed by atoms with Gasteiger partial charge in [0.05, 0.1) is 6.54 Å². The third-order valence-electron chi connectivity index (χ3n) is 8.24. The van der Waals surface area contributed by atoms with Crippen molar-refractivity contribution in [2.24, 2.45) is 5.73 Å². The summed E-state index contributed by atoms with van der Waals surface area (Å²) < 4.78 is 0. The third-order valence-corrected chi connectivity index (χ3v) is 8.24. The van der Waals surface area contributed by atoms with Crippen molar-refractivity contribution >= 4 is 23.7 Å². The average molecular weight is 510 g/mol. The number of piperidine rings is 3. The number of likely N-dealkylation sites (tertiary alicyclic amines) is 2. The van der Waals surface area contributed by atoms with Crippen LogP contribution in [0.1, 0.15) is 39.0 Å². The van der Waals surface area contributed by atoms with Crippen LogP contribution in [0, 0.1) is 0 Å². The van der Waals surface area contributed by atoms with E-state index in [4.69, 9.17) is 10.8 Å². The number of imide groups is 1. The monoisotopic (exact) mass is 509 g/mol. The summed E-state index contributed by atoms with van der Waals surface area (Å²) in [5.74, 6) is -0.741. The molecule has 1 spiro atoms.